The molecule has 21 heavy (non-hydrogen) atoms. The fraction of sp³-hybridized carbons (Fsp3) is 0.600. The molecule has 0 radical (unpaired) electrons. The van der Waals surface area contributed by atoms with E-state index in [1.165, 1.54) is 7.11 Å². The van der Waals surface area contributed by atoms with E-state index < -0.39 is 27.4 Å². The fourth-order valence-electron chi connectivity index (χ4n) is 1.37. The van der Waals surface area contributed by atoms with Crippen LogP contribution in [0.15, 0.2) is 0 Å². The van der Waals surface area contributed by atoms with Crippen LogP contribution in [0.5, 0.6) is 17.8 Å². The molecule has 0 amide bonds. The Morgan fingerprint density at radius 1 is 1.05 bits per heavy atom. The van der Waals surface area contributed by atoms with Crippen LogP contribution in [0.2, 0.25) is 0 Å². The highest BCUT2D eigenvalue weighted by Crippen LogP contribution is 2.36. The maximum atomic E-state index is 12.4. The van der Waals surface area contributed by atoms with E-state index in [1.807, 2.05) is 0 Å². The Labute approximate surface area is 119 Å². The minimum atomic E-state index is -5.86. The largest absolute Gasteiger partial charge is 0.534 e. The summed E-state index contributed by atoms with van der Waals surface area (Å²) in [5.41, 5.74) is -5.60. The Morgan fingerprint density at radius 2 is 1.57 bits per heavy atom. The Balaban J connectivity index is 3.47. The molecule has 1 rings (SSSR count). The van der Waals surface area contributed by atoms with E-state index in [0.717, 1.165) is 7.11 Å². The highest BCUT2D eigenvalue weighted by Gasteiger charge is 2.49. The van der Waals surface area contributed by atoms with Crippen molar-refractivity contribution < 1.29 is 35.2 Å². The van der Waals surface area contributed by atoms with Gasteiger partial charge < -0.3 is 13.7 Å². The molecule has 0 spiro atoms. The number of hydrogen-bond acceptors (Lipinski definition) is 7. The Kier molecular flexibility index (Phi) is 4.87. The molecule has 0 aliphatic carbocycles. The second-order valence-electron chi connectivity index (χ2n) is 4.08. The first-order chi connectivity index (χ1) is 9.53. The maximum absolute atomic E-state index is 12.4. The summed E-state index contributed by atoms with van der Waals surface area (Å²) in [5, 5.41) is 0. The van der Waals surface area contributed by atoms with Crippen LogP contribution in [0.3, 0.4) is 0 Å². The number of hydrogen-bond donors (Lipinski definition) is 0. The van der Waals surface area contributed by atoms with Gasteiger partial charge >= 0.3 is 21.6 Å². The smallest absolute Gasteiger partial charge is 0.481 e. The number of halogens is 3. The maximum Gasteiger partial charge on any atom is 0.534 e. The van der Waals surface area contributed by atoms with Crippen molar-refractivity contribution in [2.24, 2.45) is 0 Å². The molecular weight excluding hydrogens is 317 g/mol. The lowest BCUT2D eigenvalue weighted by atomic mass is 10.1. The van der Waals surface area contributed by atoms with E-state index in [-0.39, 0.29) is 17.5 Å². The van der Waals surface area contributed by atoms with Crippen LogP contribution >= 0.6 is 0 Å². The molecule has 0 unspecified atom stereocenters. The van der Waals surface area contributed by atoms with Gasteiger partial charge in [-0.2, -0.15) is 31.6 Å². The van der Waals surface area contributed by atoms with Gasteiger partial charge in [0, 0.05) is 0 Å². The van der Waals surface area contributed by atoms with E-state index in [4.69, 9.17) is 4.74 Å². The predicted octanol–water partition coefficient (Wildman–Crippen LogP) is 1.85. The lowest BCUT2D eigenvalue weighted by Gasteiger charge is -2.16. The van der Waals surface area contributed by atoms with Gasteiger partial charge in [-0.3, -0.25) is 0 Å². The van der Waals surface area contributed by atoms with Crippen LogP contribution in [0, 0.1) is 0 Å². The van der Waals surface area contributed by atoms with Gasteiger partial charge in [0.2, 0.25) is 11.8 Å². The molecule has 7 nitrogen and oxygen atoms in total. The molecule has 0 saturated carbocycles. The van der Waals surface area contributed by atoms with Gasteiger partial charge in [-0.05, 0) is 5.92 Å². The number of methoxy groups -OCH3 is 2. The van der Waals surface area contributed by atoms with E-state index in [9.17, 15) is 21.6 Å². The van der Waals surface area contributed by atoms with Gasteiger partial charge in [-0.1, -0.05) is 13.8 Å². The second-order valence-corrected chi connectivity index (χ2v) is 5.61. The van der Waals surface area contributed by atoms with Gasteiger partial charge in [0.1, 0.15) is 0 Å². The molecule has 0 aliphatic rings. The molecule has 0 bridgehead atoms. The standard InChI is InChI=1S/C10H13F3N2O5S/c1-5(2)6-7(18-3)14-9(19-4)15-8(6)20-21(16,17)10(11,12)13/h5H,1-4H3. The molecule has 0 aliphatic heterocycles. The lowest BCUT2D eigenvalue weighted by molar-refractivity contribution is -0.0502. The molecule has 0 fully saturated rings. The first kappa shape index (κ1) is 17.3. The summed E-state index contributed by atoms with van der Waals surface area (Å²) in [6.07, 6.45) is 0. The van der Waals surface area contributed by atoms with Crippen LogP contribution in [-0.2, 0) is 10.1 Å². The van der Waals surface area contributed by atoms with Crippen LogP contribution in [0.25, 0.3) is 0 Å². The molecule has 120 valence electrons. The zero-order chi connectivity index (χ0) is 16.4. The van der Waals surface area contributed by atoms with Crippen molar-refractivity contribution in [1.82, 2.24) is 9.97 Å². The van der Waals surface area contributed by atoms with Crippen molar-refractivity contribution in [2.45, 2.75) is 25.3 Å². The molecule has 1 aromatic rings. The normalized spacial score (nSPS) is 12.4. The average Bonchev–Trinajstić information content (AvgIpc) is 2.35. The summed E-state index contributed by atoms with van der Waals surface area (Å²) >= 11 is 0. The molecule has 1 aromatic heterocycles. The van der Waals surface area contributed by atoms with Gasteiger partial charge in [0.15, 0.2) is 0 Å². The van der Waals surface area contributed by atoms with Gasteiger partial charge in [0.05, 0.1) is 19.8 Å². The van der Waals surface area contributed by atoms with Crippen molar-refractivity contribution >= 4 is 10.1 Å². The summed E-state index contributed by atoms with van der Waals surface area (Å²) in [4.78, 5) is 7.28. The number of alkyl halides is 3. The Morgan fingerprint density at radius 3 is 1.95 bits per heavy atom. The minimum absolute atomic E-state index is 0.0221. The molecule has 0 N–H and O–H groups in total. The summed E-state index contributed by atoms with van der Waals surface area (Å²) in [6.45, 7) is 3.17. The van der Waals surface area contributed by atoms with Crippen molar-refractivity contribution in [3.63, 3.8) is 0 Å². The third kappa shape index (κ3) is 3.65. The van der Waals surface area contributed by atoms with Gasteiger partial charge in [-0.25, -0.2) is 0 Å². The molecule has 11 heteroatoms. The van der Waals surface area contributed by atoms with Crippen molar-refractivity contribution in [3.05, 3.63) is 5.56 Å². The number of ether oxygens (including phenoxy) is 2. The highest BCUT2D eigenvalue weighted by molar-refractivity contribution is 7.87. The molecule has 1 heterocycles. The third-order valence-electron chi connectivity index (χ3n) is 2.28. The molecule has 0 atom stereocenters. The Bertz CT molecular complexity index is 616. The topological polar surface area (TPSA) is 87.6 Å². The summed E-state index contributed by atoms with van der Waals surface area (Å²) in [5.74, 6) is -1.38. The number of nitrogens with zero attached hydrogens (tertiary/aromatic N) is 2. The van der Waals surface area contributed by atoms with Crippen molar-refractivity contribution in [1.29, 1.82) is 0 Å². The monoisotopic (exact) mass is 330 g/mol. The molecule has 0 aromatic carbocycles. The van der Waals surface area contributed by atoms with Crippen molar-refractivity contribution in [2.75, 3.05) is 14.2 Å². The van der Waals surface area contributed by atoms with Crippen molar-refractivity contribution in [3.8, 4) is 17.8 Å². The van der Waals surface area contributed by atoms with E-state index in [0.29, 0.717) is 0 Å². The van der Waals surface area contributed by atoms with E-state index >= 15 is 0 Å². The summed E-state index contributed by atoms with van der Waals surface area (Å²) < 4.78 is 73.1. The second kappa shape index (κ2) is 5.92. The molecular formula is C10H13F3N2O5S. The first-order valence-electron chi connectivity index (χ1n) is 5.54. The average molecular weight is 330 g/mol. The predicted molar refractivity (Wildman–Crippen MR) is 64.8 cm³/mol. The minimum Gasteiger partial charge on any atom is -0.481 e. The summed E-state index contributed by atoms with van der Waals surface area (Å²) in [7, 11) is -3.48. The van der Waals surface area contributed by atoms with Crippen LogP contribution < -0.4 is 13.7 Å². The van der Waals surface area contributed by atoms with Gasteiger partial charge in [-0.15, -0.1) is 0 Å². The van der Waals surface area contributed by atoms with E-state index in [2.05, 4.69) is 18.9 Å². The van der Waals surface area contributed by atoms with Crippen LogP contribution in [0.4, 0.5) is 13.2 Å². The fourth-order valence-corrected chi connectivity index (χ4v) is 1.80. The molecule has 0 saturated heterocycles. The Hall–Kier alpha value is -1.78. The van der Waals surface area contributed by atoms with E-state index in [1.54, 1.807) is 13.8 Å². The van der Waals surface area contributed by atoms with Crippen LogP contribution in [0.1, 0.15) is 25.3 Å². The zero-order valence-electron chi connectivity index (χ0n) is 11.6. The zero-order valence-corrected chi connectivity index (χ0v) is 12.4. The quantitative estimate of drug-likeness (QED) is 0.601. The van der Waals surface area contributed by atoms with Gasteiger partial charge in [0.25, 0.3) is 0 Å². The number of aromatic nitrogens is 2. The number of rotatable bonds is 5. The van der Waals surface area contributed by atoms with Crippen LogP contribution in [-0.4, -0.2) is 38.1 Å². The highest BCUT2D eigenvalue weighted by atomic mass is 32.2. The first-order valence-corrected chi connectivity index (χ1v) is 6.95. The SMILES string of the molecule is COc1nc(OC)c(C(C)C)c(OS(=O)(=O)C(F)(F)F)n1. The lowest BCUT2D eigenvalue weighted by Crippen LogP contribution is -2.29. The summed E-state index contributed by atoms with van der Waals surface area (Å²) in [6, 6.07) is -0.386. The third-order valence-corrected chi connectivity index (χ3v) is 3.22.